The molecule has 1 fully saturated rings. The van der Waals surface area contributed by atoms with E-state index in [2.05, 4.69) is 4.90 Å². The fourth-order valence-electron chi connectivity index (χ4n) is 2.18. The molecule has 4 heteroatoms. The van der Waals surface area contributed by atoms with Crippen LogP contribution in [0.5, 0.6) is 0 Å². The molecule has 2 atom stereocenters. The molecule has 2 rings (SSSR count). The highest BCUT2D eigenvalue weighted by atomic mass is 19.1. The quantitative estimate of drug-likeness (QED) is 0.748. The van der Waals surface area contributed by atoms with Crippen LogP contribution in [0.3, 0.4) is 0 Å². The molecule has 0 radical (unpaired) electrons. The minimum absolute atomic E-state index is 0.0862. The van der Waals surface area contributed by atoms with Crippen LogP contribution in [0.4, 0.5) is 10.1 Å². The molecular weight excluding hydrogens is 219 g/mol. The molecule has 1 aromatic carbocycles. The minimum Gasteiger partial charge on any atom is -0.372 e. The first-order valence-corrected chi connectivity index (χ1v) is 5.70. The van der Waals surface area contributed by atoms with E-state index in [9.17, 15) is 4.39 Å². The van der Waals surface area contributed by atoms with Gasteiger partial charge in [0.25, 0.3) is 0 Å². The summed E-state index contributed by atoms with van der Waals surface area (Å²) in [7, 11) is 0. The van der Waals surface area contributed by atoms with Crippen molar-refractivity contribution in [3.63, 3.8) is 0 Å². The summed E-state index contributed by atoms with van der Waals surface area (Å²) in [5.74, 6) is -0.461. The molecule has 1 heterocycles. The molecule has 0 aromatic heterocycles. The summed E-state index contributed by atoms with van der Waals surface area (Å²) in [5, 5.41) is 8.68. The third kappa shape index (κ3) is 2.56. The Morgan fingerprint density at radius 1 is 1.35 bits per heavy atom. The van der Waals surface area contributed by atoms with Gasteiger partial charge in [0.05, 0.1) is 17.8 Å². The van der Waals surface area contributed by atoms with Gasteiger partial charge in [0.2, 0.25) is 0 Å². The van der Waals surface area contributed by atoms with E-state index in [1.54, 1.807) is 6.07 Å². The number of rotatable bonds is 1. The van der Waals surface area contributed by atoms with Crippen LogP contribution in [0.1, 0.15) is 19.4 Å². The van der Waals surface area contributed by atoms with Gasteiger partial charge in [-0.3, -0.25) is 0 Å². The maximum atomic E-state index is 13.5. The second-order valence-electron chi connectivity index (χ2n) is 4.44. The van der Waals surface area contributed by atoms with Crippen LogP contribution < -0.4 is 4.90 Å². The zero-order valence-electron chi connectivity index (χ0n) is 9.98. The summed E-state index contributed by atoms with van der Waals surface area (Å²) in [6, 6.07) is 6.55. The van der Waals surface area contributed by atoms with Gasteiger partial charge in [0, 0.05) is 18.8 Å². The smallest absolute Gasteiger partial charge is 0.143 e. The second kappa shape index (κ2) is 4.72. The topological polar surface area (TPSA) is 36.3 Å². The average Bonchev–Trinajstić information content (AvgIpc) is 2.27. The lowest BCUT2D eigenvalue weighted by Crippen LogP contribution is -2.45. The fraction of sp³-hybridized carbons (Fsp3) is 0.462. The fourth-order valence-corrected chi connectivity index (χ4v) is 2.18. The normalized spacial score (nSPS) is 24.5. The lowest BCUT2D eigenvalue weighted by molar-refractivity contribution is -0.00523. The molecule has 1 aliphatic rings. The highest BCUT2D eigenvalue weighted by Gasteiger charge is 2.22. The largest absolute Gasteiger partial charge is 0.372 e. The Hall–Kier alpha value is -1.60. The third-order valence-electron chi connectivity index (χ3n) is 2.86. The first-order chi connectivity index (χ1) is 8.10. The number of morpholine rings is 1. The van der Waals surface area contributed by atoms with E-state index in [0.717, 1.165) is 18.8 Å². The third-order valence-corrected chi connectivity index (χ3v) is 2.86. The van der Waals surface area contributed by atoms with Crippen molar-refractivity contribution in [3.05, 3.63) is 29.6 Å². The summed E-state index contributed by atoms with van der Waals surface area (Å²) in [6.07, 6.45) is 0.273. The zero-order chi connectivity index (χ0) is 12.4. The molecule has 90 valence electrons. The van der Waals surface area contributed by atoms with Gasteiger partial charge in [-0.25, -0.2) is 4.39 Å². The van der Waals surface area contributed by atoms with E-state index in [0.29, 0.717) is 0 Å². The van der Waals surface area contributed by atoms with Crippen molar-refractivity contribution in [2.75, 3.05) is 18.0 Å². The number of nitrogens with zero attached hydrogens (tertiary/aromatic N) is 2. The number of anilines is 1. The molecule has 0 saturated carbocycles. The van der Waals surface area contributed by atoms with Crippen molar-refractivity contribution in [2.45, 2.75) is 26.1 Å². The van der Waals surface area contributed by atoms with Gasteiger partial charge in [-0.05, 0) is 32.0 Å². The molecule has 1 aromatic rings. The predicted octanol–water partition coefficient (Wildman–Crippen LogP) is 2.31. The van der Waals surface area contributed by atoms with Crippen LogP contribution in [0.2, 0.25) is 0 Å². The molecule has 0 N–H and O–H groups in total. The highest BCUT2D eigenvalue weighted by molar-refractivity contribution is 5.51. The summed E-state index contributed by atoms with van der Waals surface area (Å²) in [4.78, 5) is 2.09. The van der Waals surface area contributed by atoms with Crippen molar-refractivity contribution in [1.82, 2.24) is 0 Å². The highest BCUT2D eigenvalue weighted by Crippen LogP contribution is 2.22. The van der Waals surface area contributed by atoms with Crippen molar-refractivity contribution in [2.24, 2.45) is 0 Å². The van der Waals surface area contributed by atoms with Crippen molar-refractivity contribution >= 4 is 5.69 Å². The molecule has 1 saturated heterocycles. The van der Waals surface area contributed by atoms with Gasteiger partial charge in [0.15, 0.2) is 0 Å². The summed E-state index contributed by atoms with van der Waals surface area (Å²) < 4.78 is 19.1. The van der Waals surface area contributed by atoms with Crippen molar-refractivity contribution in [3.8, 4) is 6.07 Å². The second-order valence-corrected chi connectivity index (χ2v) is 4.44. The Labute approximate surface area is 100 Å². The molecule has 17 heavy (non-hydrogen) atoms. The number of nitriles is 1. The maximum absolute atomic E-state index is 13.5. The number of hydrogen-bond acceptors (Lipinski definition) is 3. The van der Waals surface area contributed by atoms with E-state index in [4.69, 9.17) is 10.00 Å². The summed E-state index contributed by atoms with van der Waals surface area (Å²) >= 11 is 0. The molecule has 0 spiro atoms. The molecular formula is C13H15FN2O. The van der Waals surface area contributed by atoms with E-state index in [1.807, 2.05) is 19.9 Å². The number of halogens is 1. The Morgan fingerprint density at radius 2 is 2.00 bits per heavy atom. The summed E-state index contributed by atoms with van der Waals surface area (Å²) in [6.45, 7) is 5.50. The van der Waals surface area contributed by atoms with E-state index < -0.39 is 5.82 Å². The number of benzene rings is 1. The molecule has 3 nitrogen and oxygen atoms in total. The van der Waals surface area contributed by atoms with Gasteiger partial charge in [-0.15, -0.1) is 0 Å². The van der Waals surface area contributed by atoms with Crippen LogP contribution in [-0.4, -0.2) is 25.3 Å². The van der Waals surface area contributed by atoms with E-state index in [1.165, 1.54) is 12.1 Å². The monoisotopic (exact) mass is 234 g/mol. The lowest BCUT2D eigenvalue weighted by Gasteiger charge is -2.36. The Bertz CT molecular complexity index is 445. The SMILES string of the molecule is CC1CN(c2ccc(C#N)c(F)c2)CC(C)O1. The first-order valence-electron chi connectivity index (χ1n) is 5.70. The lowest BCUT2D eigenvalue weighted by atomic mass is 10.1. The van der Waals surface area contributed by atoms with Crippen LogP contribution in [0.15, 0.2) is 18.2 Å². The van der Waals surface area contributed by atoms with E-state index in [-0.39, 0.29) is 17.8 Å². The van der Waals surface area contributed by atoms with Gasteiger partial charge in [-0.1, -0.05) is 0 Å². The van der Waals surface area contributed by atoms with Crippen LogP contribution >= 0.6 is 0 Å². The van der Waals surface area contributed by atoms with Gasteiger partial charge >= 0.3 is 0 Å². The zero-order valence-corrected chi connectivity index (χ0v) is 9.98. The Kier molecular flexibility index (Phi) is 3.30. The van der Waals surface area contributed by atoms with Crippen molar-refractivity contribution < 1.29 is 9.13 Å². The first kappa shape index (κ1) is 11.9. The van der Waals surface area contributed by atoms with Gasteiger partial charge in [-0.2, -0.15) is 5.26 Å². The van der Waals surface area contributed by atoms with Crippen LogP contribution in [-0.2, 0) is 4.74 Å². The summed E-state index contributed by atoms with van der Waals surface area (Å²) in [5.41, 5.74) is 0.895. The average molecular weight is 234 g/mol. The molecule has 0 amide bonds. The molecule has 1 aliphatic heterocycles. The van der Waals surface area contributed by atoms with Gasteiger partial charge in [0.1, 0.15) is 11.9 Å². The Balaban J connectivity index is 2.22. The van der Waals surface area contributed by atoms with Crippen LogP contribution in [0.25, 0.3) is 0 Å². The Morgan fingerprint density at radius 3 is 2.53 bits per heavy atom. The molecule has 0 aliphatic carbocycles. The molecule has 0 bridgehead atoms. The maximum Gasteiger partial charge on any atom is 0.143 e. The van der Waals surface area contributed by atoms with Crippen molar-refractivity contribution in [1.29, 1.82) is 5.26 Å². The van der Waals surface area contributed by atoms with Gasteiger partial charge < -0.3 is 9.64 Å². The number of hydrogen-bond donors (Lipinski definition) is 0. The predicted molar refractivity (Wildman–Crippen MR) is 63.3 cm³/mol. The van der Waals surface area contributed by atoms with E-state index >= 15 is 0 Å². The van der Waals surface area contributed by atoms with Crippen LogP contribution in [0, 0.1) is 17.1 Å². The minimum atomic E-state index is -0.461. The number of ether oxygens (including phenoxy) is 1. The standard InChI is InChI=1S/C13H15FN2O/c1-9-7-16(8-10(2)17-9)12-4-3-11(6-15)13(14)5-12/h3-5,9-10H,7-8H2,1-2H3. The molecule has 2 unspecified atom stereocenters.